The van der Waals surface area contributed by atoms with Crippen LogP contribution in [0.1, 0.15) is 0 Å². The van der Waals surface area contributed by atoms with Gasteiger partial charge in [0.2, 0.25) is 0 Å². The first-order chi connectivity index (χ1) is 5.13. The fraction of sp³-hybridized carbons (Fsp3) is 0.333. The molecule has 0 bridgehead atoms. The van der Waals surface area contributed by atoms with Crippen LogP contribution in [0.2, 0.25) is 0 Å². The maximum atomic E-state index is 2.63. The summed E-state index contributed by atoms with van der Waals surface area (Å²) in [7, 11) is 8.63. The second kappa shape index (κ2) is 8.66. The van der Waals surface area contributed by atoms with Gasteiger partial charge in [-0.25, -0.2) is 0 Å². The van der Waals surface area contributed by atoms with E-state index in [4.69, 9.17) is 0 Å². The molecule has 2 nitrogen and oxygen atoms in total. The van der Waals surface area contributed by atoms with Crippen LogP contribution in [0, 0.1) is 0 Å². The van der Waals surface area contributed by atoms with E-state index in [1.54, 1.807) is 0 Å². The highest BCUT2D eigenvalue weighted by atomic mass is 31.0. The average Bonchev–Trinajstić information content (AvgIpc) is 1.87. The molecule has 0 aliphatic carbocycles. The molecular formula is C9H18NOP. The summed E-state index contributed by atoms with van der Waals surface area (Å²) in [5.74, 6) is 0. The van der Waals surface area contributed by atoms with E-state index < -0.39 is 0 Å². The van der Waals surface area contributed by atoms with Gasteiger partial charge in [0.15, 0.2) is 0 Å². The number of hydrogen-bond acceptors (Lipinski definition) is 1. The summed E-state index contributed by atoms with van der Waals surface area (Å²) < 4.78 is 0. The molecule has 70 valence electrons. The van der Waals surface area contributed by atoms with Crippen LogP contribution in [0.4, 0.5) is 0 Å². The lowest BCUT2D eigenvalue weighted by Crippen LogP contribution is -1.99. The van der Waals surface area contributed by atoms with Crippen molar-refractivity contribution in [3.63, 3.8) is 0 Å². The summed E-state index contributed by atoms with van der Waals surface area (Å²) in [5.41, 5.74) is 0. The summed E-state index contributed by atoms with van der Waals surface area (Å²) in [4.78, 5) is 2.00. The molecule has 1 unspecified atom stereocenters. The smallest absolute Gasteiger partial charge is 0.0140 e. The van der Waals surface area contributed by atoms with Crippen LogP contribution in [0.25, 0.3) is 0 Å². The predicted molar refractivity (Wildman–Crippen MR) is 59.0 cm³/mol. The quantitative estimate of drug-likeness (QED) is 0.546. The number of benzene rings is 1. The summed E-state index contributed by atoms with van der Waals surface area (Å²) >= 11 is 0. The number of rotatable bonds is 0. The van der Waals surface area contributed by atoms with Gasteiger partial charge < -0.3 is 10.4 Å². The summed E-state index contributed by atoms with van der Waals surface area (Å²) in [6, 6.07) is 10.1. The van der Waals surface area contributed by atoms with Crippen LogP contribution < -0.4 is 5.30 Å². The second-order valence-electron chi connectivity index (χ2n) is 2.75. The molecule has 0 heterocycles. The van der Waals surface area contributed by atoms with Gasteiger partial charge in [-0.2, -0.15) is 0 Å². The van der Waals surface area contributed by atoms with Crippen molar-refractivity contribution < 1.29 is 5.48 Å². The molecule has 0 aliphatic heterocycles. The Kier molecular flexibility index (Phi) is 10.2. The molecule has 1 aromatic rings. The van der Waals surface area contributed by atoms with Gasteiger partial charge in [-0.05, 0) is 26.4 Å². The fourth-order valence-corrected chi connectivity index (χ4v) is 0.675. The van der Waals surface area contributed by atoms with Gasteiger partial charge in [-0.3, -0.25) is 0 Å². The van der Waals surface area contributed by atoms with Crippen molar-refractivity contribution in [3.8, 4) is 0 Å². The van der Waals surface area contributed by atoms with Gasteiger partial charge >= 0.3 is 0 Å². The van der Waals surface area contributed by atoms with Crippen molar-refractivity contribution in [2.45, 2.75) is 0 Å². The number of nitrogens with zero attached hydrogens (tertiary/aromatic N) is 1. The van der Waals surface area contributed by atoms with Gasteiger partial charge in [0.05, 0.1) is 0 Å². The minimum absolute atomic E-state index is 0. The number of hydrogen-bond donors (Lipinski definition) is 0. The molecule has 1 rings (SSSR count). The molecule has 0 spiro atoms. The van der Waals surface area contributed by atoms with Gasteiger partial charge in [0, 0.05) is 0 Å². The Labute approximate surface area is 77.1 Å². The molecule has 1 aromatic carbocycles. The van der Waals surface area contributed by atoms with E-state index in [9.17, 15) is 0 Å². The van der Waals surface area contributed by atoms with Crippen LogP contribution in [0.5, 0.6) is 0 Å². The Balaban J connectivity index is 0. The molecule has 0 radical (unpaired) electrons. The Bertz CT molecular complexity index is 174. The van der Waals surface area contributed by atoms with Crippen molar-refractivity contribution in [2.75, 3.05) is 21.1 Å². The van der Waals surface area contributed by atoms with Crippen molar-refractivity contribution >= 4 is 14.5 Å². The second-order valence-corrected chi connectivity index (χ2v) is 3.42. The Morgan fingerprint density at radius 2 is 1.33 bits per heavy atom. The molecule has 0 saturated carbocycles. The molecule has 0 aliphatic rings. The lowest BCUT2D eigenvalue weighted by Gasteiger charge is -1.90. The first kappa shape index (κ1) is 14.1. The highest BCUT2D eigenvalue weighted by Gasteiger charge is 1.72. The standard InChI is InChI=1S/C6H7P.C3H9N.H2O/c7-6-4-2-1-3-5-6;1-4(2)3;/h1-5H,7H2;1-3H3;1H2. The lowest BCUT2D eigenvalue weighted by atomic mass is 10.4. The van der Waals surface area contributed by atoms with Crippen LogP contribution in [0.3, 0.4) is 0 Å². The molecule has 0 aromatic heterocycles. The lowest BCUT2D eigenvalue weighted by molar-refractivity contribution is 0.505. The highest BCUT2D eigenvalue weighted by Crippen LogP contribution is 1.86. The van der Waals surface area contributed by atoms with Gasteiger partial charge in [-0.1, -0.05) is 30.3 Å². The topological polar surface area (TPSA) is 34.7 Å². The molecule has 12 heavy (non-hydrogen) atoms. The van der Waals surface area contributed by atoms with Crippen LogP contribution in [0.15, 0.2) is 30.3 Å². The van der Waals surface area contributed by atoms with Gasteiger partial charge in [0.1, 0.15) is 0 Å². The first-order valence-electron chi connectivity index (χ1n) is 3.54. The van der Waals surface area contributed by atoms with Gasteiger partial charge in [-0.15, -0.1) is 9.24 Å². The zero-order chi connectivity index (χ0) is 8.69. The monoisotopic (exact) mass is 187 g/mol. The van der Waals surface area contributed by atoms with Crippen LogP contribution >= 0.6 is 9.24 Å². The molecule has 1 atom stereocenters. The zero-order valence-electron chi connectivity index (χ0n) is 7.91. The van der Waals surface area contributed by atoms with E-state index in [0.717, 1.165) is 0 Å². The Morgan fingerprint density at radius 3 is 1.50 bits per heavy atom. The summed E-state index contributed by atoms with van der Waals surface area (Å²) in [6.45, 7) is 0. The maximum Gasteiger partial charge on any atom is -0.0140 e. The van der Waals surface area contributed by atoms with Crippen LogP contribution in [-0.4, -0.2) is 31.5 Å². The SMILES string of the molecule is CN(C)C.O.Pc1ccccc1. The first-order valence-corrected chi connectivity index (χ1v) is 4.12. The molecule has 0 fully saturated rings. The minimum atomic E-state index is 0. The van der Waals surface area contributed by atoms with Crippen molar-refractivity contribution in [1.82, 2.24) is 4.90 Å². The van der Waals surface area contributed by atoms with E-state index in [-0.39, 0.29) is 5.48 Å². The molecule has 0 saturated heterocycles. The molecule has 0 amide bonds. The van der Waals surface area contributed by atoms with Crippen LogP contribution in [-0.2, 0) is 0 Å². The maximum absolute atomic E-state index is 2.63. The van der Waals surface area contributed by atoms with Gasteiger partial charge in [0.25, 0.3) is 0 Å². The average molecular weight is 187 g/mol. The van der Waals surface area contributed by atoms with Crippen molar-refractivity contribution in [1.29, 1.82) is 0 Å². The van der Waals surface area contributed by atoms with E-state index in [2.05, 4.69) is 9.24 Å². The predicted octanol–water partition coefficient (Wildman–Crippen LogP) is 0.540. The Hall–Kier alpha value is -0.430. The molecular weight excluding hydrogens is 169 g/mol. The summed E-state index contributed by atoms with van der Waals surface area (Å²) in [5, 5.41) is 1.24. The molecule has 2 N–H and O–H groups in total. The fourth-order valence-electron chi connectivity index (χ4n) is 0.453. The highest BCUT2D eigenvalue weighted by molar-refractivity contribution is 7.27. The normalized spacial score (nSPS) is 8.08. The minimum Gasteiger partial charge on any atom is -0.412 e. The summed E-state index contributed by atoms with van der Waals surface area (Å²) in [6.07, 6.45) is 0. The largest absolute Gasteiger partial charge is 0.412 e. The van der Waals surface area contributed by atoms with E-state index in [1.807, 2.05) is 56.4 Å². The third-order valence-electron chi connectivity index (χ3n) is 0.800. The molecule has 3 heteroatoms. The van der Waals surface area contributed by atoms with Crippen molar-refractivity contribution in [2.24, 2.45) is 0 Å². The third-order valence-corrected chi connectivity index (χ3v) is 1.18. The Morgan fingerprint density at radius 1 is 1.00 bits per heavy atom. The third kappa shape index (κ3) is 12.3. The van der Waals surface area contributed by atoms with E-state index in [1.165, 1.54) is 5.30 Å². The van der Waals surface area contributed by atoms with E-state index >= 15 is 0 Å². The zero-order valence-corrected chi connectivity index (χ0v) is 9.07. The van der Waals surface area contributed by atoms with E-state index in [0.29, 0.717) is 0 Å². The van der Waals surface area contributed by atoms with Crippen molar-refractivity contribution in [3.05, 3.63) is 30.3 Å².